The molecule has 2 aromatic heterocycles. The molecule has 0 bridgehead atoms. The lowest BCUT2D eigenvalue weighted by Gasteiger charge is -2.03. The largest absolute Gasteiger partial charge is 0.353 e. The van der Waals surface area contributed by atoms with Crippen LogP contribution in [0.15, 0.2) is 5.16 Å². The number of thioether (sulfide) groups is 1. The molecule has 2 aromatic rings. The van der Waals surface area contributed by atoms with E-state index >= 15 is 0 Å². The lowest BCUT2D eigenvalue weighted by Crippen LogP contribution is -2.08. The molecule has 9 nitrogen and oxygen atoms in total. The van der Waals surface area contributed by atoms with Crippen molar-refractivity contribution in [1.82, 2.24) is 40.4 Å². The van der Waals surface area contributed by atoms with Gasteiger partial charge in [0, 0.05) is 26.4 Å². The van der Waals surface area contributed by atoms with E-state index in [9.17, 15) is 0 Å². The average Bonchev–Trinajstić information content (AvgIpc) is 2.89. The van der Waals surface area contributed by atoms with Gasteiger partial charge >= 0.3 is 0 Å². The molecule has 0 aromatic carbocycles. The maximum absolute atomic E-state index is 3.89. The predicted molar refractivity (Wildman–Crippen MR) is 61.4 cm³/mol. The summed E-state index contributed by atoms with van der Waals surface area (Å²) in [7, 11) is 3.62. The molecular formula is C7H13N9S. The van der Waals surface area contributed by atoms with Gasteiger partial charge in [0.15, 0.2) is 0 Å². The van der Waals surface area contributed by atoms with Gasteiger partial charge in [0.2, 0.25) is 11.1 Å². The zero-order valence-electron chi connectivity index (χ0n) is 9.61. The Hall–Kier alpha value is -1.71. The van der Waals surface area contributed by atoms with Crippen molar-refractivity contribution >= 4 is 17.7 Å². The minimum atomic E-state index is 0.676. The molecule has 0 atom stereocenters. The van der Waals surface area contributed by atoms with Gasteiger partial charge in [0.1, 0.15) is 0 Å². The Bertz CT molecular complexity index is 421. The normalized spacial score (nSPS) is 10.7. The van der Waals surface area contributed by atoms with Crippen LogP contribution >= 0.6 is 11.8 Å². The summed E-state index contributed by atoms with van der Waals surface area (Å²) >= 11 is 1.62. The summed E-state index contributed by atoms with van der Waals surface area (Å²) in [5, 5.41) is 26.3. The van der Waals surface area contributed by atoms with E-state index in [1.165, 1.54) is 0 Å². The summed E-state index contributed by atoms with van der Waals surface area (Å²) in [6, 6.07) is 0. The van der Waals surface area contributed by atoms with Crippen molar-refractivity contribution < 1.29 is 0 Å². The molecule has 10 heteroatoms. The first-order valence-corrected chi connectivity index (χ1v) is 6.07. The Kier molecular flexibility index (Phi) is 3.85. The summed E-state index contributed by atoms with van der Waals surface area (Å²) in [4.78, 5) is 0. The Morgan fingerprint density at radius 2 is 1.88 bits per heavy atom. The molecule has 0 spiro atoms. The van der Waals surface area contributed by atoms with Gasteiger partial charge in [-0.25, -0.2) is 9.36 Å². The summed E-state index contributed by atoms with van der Waals surface area (Å²) in [6.07, 6.45) is 0.977. The van der Waals surface area contributed by atoms with E-state index in [1.54, 1.807) is 28.2 Å². The number of hydrogen-bond donors (Lipinski definition) is 1. The van der Waals surface area contributed by atoms with Crippen molar-refractivity contribution in [3.05, 3.63) is 0 Å². The second-order valence-electron chi connectivity index (χ2n) is 3.34. The molecular weight excluding hydrogens is 242 g/mol. The summed E-state index contributed by atoms with van der Waals surface area (Å²) in [5.74, 6) is 1.61. The third kappa shape index (κ3) is 3.12. The molecule has 0 aliphatic heterocycles. The number of hydrogen-bond acceptors (Lipinski definition) is 8. The fourth-order valence-corrected chi connectivity index (χ4v) is 1.95. The van der Waals surface area contributed by atoms with E-state index in [1.807, 2.05) is 7.05 Å². The van der Waals surface area contributed by atoms with E-state index in [-0.39, 0.29) is 0 Å². The minimum Gasteiger partial charge on any atom is -0.353 e. The van der Waals surface area contributed by atoms with Crippen molar-refractivity contribution in [2.45, 2.75) is 11.6 Å². The quantitative estimate of drug-likeness (QED) is 0.536. The van der Waals surface area contributed by atoms with Gasteiger partial charge in [0.05, 0.1) is 0 Å². The van der Waals surface area contributed by atoms with Gasteiger partial charge in [-0.1, -0.05) is 16.9 Å². The standard InChI is InChI=1S/C7H13N9S/c1-15-6(9-11-13-15)8-4-3-5-17-7-10-12-14-16(7)2/h3-5H2,1-2H3,(H,8,9,13). The molecule has 17 heavy (non-hydrogen) atoms. The predicted octanol–water partition coefficient (Wildman–Crippen LogP) is -0.672. The highest BCUT2D eigenvalue weighted by atomic mass is 32.2. The van der Waals surface area contributed by atoms with Crippen LogP contribution in [-0.4, -0.2) is 52.7 Å². The maximum atomic E-state index is 3.89. The van der Waals surface area contributed by atoms with Crippen LogP contribution in [0.3, 0.4) is 0 Å². The fraction of sp³-hybridized carbons (Fsp3) is 0.714. The van der Waals surface area contributed by atoms with Crippen molar-refractivity contribution in [1.29, 1.82) is 0 Å². The molecule has 0 radical (unpaired) electrons. The first kappa shape index (κ1) is 11.8. The number of rotatable bonds is 6. The number of tetrazole rings is 2. The Labute approximate surface area is 102 Å². The lowest BCUT2D eigenvalue weighted by atomic mass is 10.5. The fourth-order valence-electron chi connectivity index (χ4n) is 1.16. The van der Waals surface area contributed by atoms with E-state index in [2.05, 4.69) is 36.4 Å². The highest BCUT2D eigenvalue weighted by Gasteiger charge is 2.03. The summed E-state index contributed by atoms with van der Waals surface area (Å²) < 4.78 is 3.25. The van der Waals surface area contributed by atoms with Crippen LogP contribution in [0, 0.1) is 0 Å². The SMILES string of the molecule is Cn1nnnc1NCCCSc1nnnn1C. The second kappa shape index (κ2) is 5.57. The maximum Gasteiger partial charge on any atom is 0.242 e. The van der Waals surface area contributed by atoms with Crippen LogP contribution in [0.25, 0.3) is 0 Å². The molecule has 0 amide bonds. The van der Waals surface area contributed by atoms with Gasteiger partial charge in [0.25, 0.3) is 0 Å². The smallest absolute Gasteiger partial charge is 0.242 e. The number of aromatic nitrogens is 8. The van der Waals surface area contributed by atoms with Crippen LogP contribution in [-0.2, 0) is 14.1 Å². The molecule has 2 rings (SSSR count). The summed E-state index contributed by atoms with van der Waals surface area (Å²) in [5.41, 5.74) is 0. The zero-order valence-corrected chi connectivity index (χ0v) is 10.4. The van der Waals surface area contributed by atoms with Crippen LogP contribution in [0.4, 0.5) is 5.95 Å². The molecule has 0 saturated carbocycles. The average molecular weight is 255 g/mol. The molecule has 92 valence electrons. The first-order valence-electron chi connectivity index (χ1n) is 5.09. The second-order valence-corrected chi connectivity index (χ2v) is 4.40. The van der Waals surface area contributed by atoms with E-state index in [4.69, 9.17) is 0 Å². The van der Waals surface area contributed by atoms with Crippen LogP contribution in [0.1, 0.15) is 6.42 Å². The number of nitrogens with zero attached hydrogens (tertiary/aromatic N) is 8. The van der Waals surface area contributed by atoms with Gasteiger partial charge in [-0.3, -0.25) is 0 Å². The van der Waals surface area contributed by atoms with Crippen LogP contribution < -0.4 is 5.32 Å². The molecule has 1 N–H and O–H groups in total. The first-order chi connectivity index (χ1) is 8.27. The monoisotopic (exact) mass is 255 g/mol. The third-order valence-electron chi connectivity index (χ3n) is 2.04. The highest BCUT2D eigenvalue weighted by molar-refractivity contribution is 7.99. The number of aryl methyl sites for hydroxylation is 2. The van der Waals surface area contributed by atoms with Gasteiger partial charge in [-0.2, -0.15) is 0 Å². The van der Waals surface area contributed by atoms with Gasteiger partial charge in [-0.05, 0) is 27.3 Å². The molecule has 0 aliphatic carbocycles. The van der Waals surface area contributed by atoms with Gasteiger partial charge in [-0.15, -0.1) is 5.10 Å². The Morgan fingerprint density at radius 3 is 2.53 bits per heavy atom. The van der Waals surface area contributed by atoms with Crippen molar-refractivity contribution in [2.75, 3.05) is 17.6 Å². The highest BCUT2D eigenvalue weighted by Crippen LogP contribution is 2.13. The zero-order chi connectivity index (χ0) is 12.1. The molecule has 0 saturated heterocycles. The van der Waals surface area contributed by atoms with E-state index < -0.39 is 0 Å². The summed E-state index contributed by atoms with van der Waals surface area (Å²) in [6.45, 7) is 0.812. The number of anilines is 1. The minimum absolute atomic E-state index is 0.676. The van der Waals surface area contributed by atoms with Gasteiger partial charge < -0.3 is 5.32 Å². The van der Waals surface area contributed by atoms with Crippen molar-refractivity contribution in [3.63, 3.8) is 0 Å². The molecule has 2 heterocycles. The number of nitrogens with one attached hydrogen (secondary N) is 1. The van der Waals surface area contributed by atoms with E-state index in [0.717, 1.165) is 23.9 Å². The van der Waals surface area contributed by atoms with Crippen LogP contribution in [0.2, 0.25) is 0 Å². The molecule has 0 aliphatic rings. The molecule has 0 fully saturated rings. The van der Waals surface area contributed by atoms with E-state index in [0.29, 0.717) is 5.95 Å². The van der Waals surface area contributed by atoms with Crippen LogP contribution in [0.5, 0.6) is 0 Å². The lowest BCUT2D eigenvalue weighted by molar-refractivity contribution is 0.664. The van der Waals surface area contributed by atoms with Crippen molar-refractivity contribution in [2.24, 2.45) is 14.1 Å². The Morgan fingerprint density at radius 1 is 1.12 bits per heavy atom. The Balaban J connectivity index is 1.64. The third-order valence-corrected chi connectivity index (χ3v) is 3.13. The van der Waals surface area contributed by atoms with Crippen molar-refractivity contribution in [3.8, 4) is 0 Å². The topological polar surface area (TPSA) is 99.2 Å². The molecule has 0 unspecified atom stereocenters.